The van der Waals surface area contributed by atoms with E-state index >= 15 is 0 Å². The molecule has 1 fully saturated rings. The quantitative estimate of drug-likeness (QED) is 0.865. The van der Waals surface area contributed by atoms with Gasteiger partial charge in [-0.05, 0) is 24.3 Å². The van der Waals surface area contributed by atoms with Crippen LogP contribution in [0.25, 0.3) is 10.7 Å². The Morgan fingerprint density at radius 3 is 3.35 bits per heavy atom. The fourth-order valence-corrected chi connectivity index (χ4v) is 3.31. The van der Waals surface area contributed by atoms with Gasteiger partial charge in [0.2, 0.25) is 5.16 Å². The highest BCUT2D eigenvalue weighted by molar-refractivity contribution is 7.99. The largest absolute Gasteiger partial charge is 0.377 e. The average Bonchev–Trinajstić information content (AvgIpc) is 3.09. The number of hydrogen-bond donors (Lipinski definition) is 1. The second kappa shape index (κ2) is 5.20. The second-order valence-electron chi connectivity index (χ2n) is 3.89. The van der Waals surface area contributed by atoms with E-state index in [1.165, 1.54) is 6.42 Å². The number of aromatic nitrogens is 3. The van der Waals surface area contributed by atoms with Gasteiger partial charge in [0.1, 0.15) is 0 Å². The van der Waals surface area contributed by atoms with Gasteiger partial charge in [0.25, 0.3) is 0 Å². The van der Waals surface area contributed by atoms with Gasteiger partial charge < -0.3 is 4.74 Å². The molecule has 0 saturated carbocycles. The number of nitrogens with one attached hydrogen (secondary N) is 1. The van der Waals surface area contributed by atoms with Crippen LogP contribution in [0.5, 0.6) is 0 Å². The van der Waals surface area contributed by atoms with Gasteiger partial charge in [0.15, 0.2) is 5.82 Å². The minimum absolute atomic E-state index is 0.378. The van der Waals surface area contributed by atoms with E-state index in [0.29, 0.717) is 6.10 Å². The number of thioether (sulfide) groups is 1. The van der Waals surface area contributed by atoms with Gasteiger partial charge >= 0.3 is 0 Å². The van der Waals surface area contributed by atoms with Gasteiger partial charge in [-0.25, -0.2) is 4.98 Å². The van der Waals surface area contributed by atoms with Crippen LogP contribution < -0.4 is 0 Å². The molecule has 0 radical (unpaired) electrons. The molecule has 0 aromatic carbocycles. The minimum atomic E-state index is 0.378. The van der Waals surface area contributed by atoms with Crippen LogP contribution in [0.15, 0.2) is 22.7 Å². The molecule has 4 nitrogen and oxygen atoms in total. The maximum absolute atomic E-state index is 5.57. The molecule has 0 aliphatic carbocycles. The first kappa shape index (κ1) is 11.3. The zero-order valence-corrected chi connectivity index (χ0v) is 10.9. The standard InChI is InChI=1S/C11H13N3OS2/c1-3-8(15-5-1)7-17-11-12-10(13-14-11)9-4-2-6-16-9/h2,4,6,8H,1,3,5,7H2,(H,12,13,14)/t8-/m1/s1. The van der Waals surface area contributed by atoms with Gasteiger partial charge in [-0.1, -0.05) is 17.8 Å². The molecule has 6 heteroatoms. The Morgan fingerprint density at radius 2 is 2.59 bits per heavy atom. The van der Waals surface area contributed by atoms with Gasteiger partial charge in [-0.15, -0.1) is 16.4 Å². The van der Waals surface area contributed by atoms with Crippen LogP contribution in [0, 0.1) is 0 Å². The molecule has 2 aromatic rings. The first-order valence-electron chi connectivity index (χ1n) is 5.62. The molecule has 1 N–H and O–H groups in total. The van der Waals surface area contributed by atoms with Crippen molar-refractivity contribution in [2.45, 2.75) is 24.1 Å². The van der Waals surface area contributed by atoms with Crippen LogP contribution in [0.3, 0.4) is 0 Å². The van der Waals surface area contributed by atoms with Crippen molar-refractivity contribution in [1.82, 2.24) is 15.2 Å². The van der Waals surface area contributed by atoms with Crippen LogP contribution >= 0.6 is 23.1 Å². The zero-order chi connectivity index (χ0) is 11.5. The molecule has 1 atom stereocenters. The van der Waals surface area contributed by atoms with E-state index in [1.54, 1.807) is 23.1 Å². The summed E-state index contributed by atoms with van der Waals surface area (Å²) >= 11 is 3.33. The van der Waals surface area contributed by atoms with Crippen LogP contribution in [-0.2, 0) is 4.74 Å². The fraction of sp³-hybridized carbons (Fsp3) is 0.455. The molecule has 1 saturated heterocycles. The predicted molar refractivity (Wildman–Crippen MR) is 69.4 cm³/mol. The Kier molecular flexibility index (Phi) is 3.44. The number of rotatable bonds is 4. The molecule has 17 heavy (non-hydrogen) atoms. The summed E-state index contributed by atoms with van der Waals surface area (Å²) in [6.07, 6.45) is 2.72. The fourth-order valence-electron chi connectivity index (χ4n) is 1.78. The van der Waals surface area contributed by atoms with Crippen LogP contribution in [0.2, 0.25) is 0 Å². The van der Waals surface area contributed by atoms with Crippen molar-refractivity contribution in [1.29, 1.82) is 0 Å². The van der Waals surface area contributed by atoms with Gasteiger partial charge in [0, 0.05) is 12.4 Å². The first-order valence-corrected chi connectivity index (χ1v) is 7.49. The van der Waals surface area contributed by atoms with Crippen molar-refractivity contribution in [3.05, 3.63) is 17.5 Å². The third-order valence-electron chi connectivity index (χ3n) is 2.64. The molecule has 0 spiro atoms. The highest BCUT2D eigenvalue weighted by Gasteiger charge is 2.16. The molecule has 0 unspecified atom stereocenters. The highest BCUT2D eigenvalue weighted by Crippen LogP contribution is 2.25. The summed E-state index contributed by atoms with van der Waals surface area (Å²) in [5.74, 6) is 1.80. The van der Waals surface area contributed by atoms with Crippen molar-refractivity contribution in [3.8, 4) is 10.7 Å². The van der Waals surface area contributed by atoms with E-state index in [4.69, 9.17) is 4.74 Å². The SMILES string of the molecule is c1csc(-c2nc(SC[C@H]3CCCO3)n[nH]2)c1. The monoisotopic (exact) mass is 267 g/mol. The third-order valence-corrected chi connectivity index (χ3v) is 4.50. The normalized spacial score (nSPS) is 19.9. The Morgan fingerprint density at radius 1 is 1.59 bits per heavy atom. The number of nitrogens with zero attached hydrogens (tertiary/aromatic N) is 2. The van der Waals surface area contributed by atoms with Crippen LogP contribution in [0.4, 0.5) is 0 Å². The molecular weight excluding hydrogens is 254 g/mol. The van der Waals surface area contributed by atoms with Gasteiger partial charge in [-0.3, -0.25) is 5.10 Å². The summed E-state index contributed by atoms with van der Waals surface area (Å²) in [5.41, 5.74) is 0. The molecule has 3 rings (SSSR count). The lowest BCUT2D eigenvalue weighted by Crippen LogP contribution is -2.07. The molecule has 3 heterocycles. The minimum Gasteiger partial charge on any atom is -0.377 e. The smallest absolute Gasteiger partial charge is 0.208 e. The topological polar surface area (TPSA) is 50.8 Å². The van der Waals surface area contributed by atoms with Crippen LogP contribution in [-0.4, -0.2) is 33.6 Å². The van der Waals surface area contributed by atoms with E-state index in [-0.39, 0.29) is 0 Å². The van der Waals surface area contributed by atoms with Crippen LogP contribution in [0.1, 0.15) is 12.8 Å². The highest BCUT2D eigenvalue weighted by atomic mass is 32.2. The first-order chi connectivity index (χ1) is 8.42. The van der Waals surface area contributed by atoms with Gasteiger partial charge in [0.05, 0.1) is 11.0 Å². The van der Waals surface area contributed by atoms with Crippen molar-refractivity contribution in [3.63, 3.8) is 0 Å². The zero-order valence-electron chi connectivity index (χ0n) is 9.26. The van der Waals surface area contributed by atoms with Crippen molar-refractivity contribution >= 4 is 23.1 Å². The van der Waals surface area contributed by atoms with E-state index < -0.39 is 0 Å². The molecule has 2 aromatic heterocycles. The Labute approximate surface area is 108 Å². The summed E-state index contributed by atoms with van der Waals surface area (Å²) in [4.78, 5) is 5.59. The molecule has 90 valence electrons. The second-order valence-corrected chi connectivity index (χ2v) is 5.82. The maximum Gasteiger partial charge on any atom is 0.208 e. The average molecular weight is 267 g/mol. The molecular formula is C11H13N3OS2. The van der Waals surface area contributed by atoms with Crippen molar-refractivity contribution < 1.29 is 4.74 Å². The molecule has 1 aliphatic rings. The lowest BCUT2D eigenvalue weighted by Gasteiger charge is -2.05. The Hall–Kier alpha value is -0.850. The predicted octanol–water partition coefficient (Wildman–Crippen LogP) is 2.80. The summed E-state index contributed by atoms with van der Waals surface area (Å²) in [7, 11) is 0. The summed E-state index contributed by atoms with van der Waals surface area (Å²) < 4.78 is 5.57. The lowest BCUT2D eigenvalue weighted by atomic mass is 10.3. The maximum atomic E-state index is 5.57. The summed E-state index contributed by atoms with van der Waals surface area (Å²) in [5, 5.41) is 10.0. The van der Waals surface area contributed by atoms with E-state index in [1.807, 2.05) is 17.5 Å². The van der Waals surface area contributed by atoms with Gasteiger partial charge in [-0.2, -0.15) is 0 Å². The van der Waals surface area contributed by atoms with Crippen molar-refractivity contribution in [2.24, 2.45) is 0 Å². The number of hydrogen-bond acceptors (Lipinski definition) is 5. The number of thiophene rings is 1. The molecule has 0 amide bonds. The van der Waals surface area contributed by atoms with Crippen molar-refractivity contribution in [2.75, 3.05) is 12.4 Å². The van der Waals surface area contributed by atoms with E-state index in [9.17, 15) is 0 Å². The lowest BCUT2D eigenvalue weighted by molar-refractivity contribution is 0.129. The molecule has 0 bridgehead atoms. The van der Waals surface area contributed by atoms with E-state index in [2.05, 4.69) is 15.2 Å². The Bertz CT molecular complexity index is 463. The van der Waals surface area contributed by atoms with E-state index in [0.717, 1.165) is 34.6 Å². The number of ether oxygens (including phenoxy) is 1. The summed E-state index contributed by atoms with van der Waals surface area (Å²) in [6, 6.07) is 4.06. The Balaban J connectivity index is 1.60. The molecule has 1 aliphatic heterocycles. The number of H-pyrrole nitrogens is 1. The summed E-state index contributed by atoms with van der Waals surface area (Å²) in [6.45, 7) is 0.902. The third kappa shape index (κ3) is 2.70. The number of aromatic amines is 1.